The summed E-state index contributed by atoms with van der Waals surface area (Å²) in [7, 11) is 0. The standard InChI is InChI=1S/C19H18N4OS.C2H6/c1-14-5-4-6-15(11-14)12-22-18(24)13-25-19-21-10-8-17(23-19)16-7-2-3-9-20-16;1-2/h2-11H,12-13H2,1H3,(H,22,24);1-2H3. The van der Waals surface area contributed by atoms with Gasteiger partial charge in [0.2, 0.25) is 5.91 Å². The van der Waals surface area contributed by atoms with E-state index in [4.69, 9.17) is 0 Å². The van der Waals surface area contributed by atoms with E-state index in [2.05, 4.69) is 26.3 Å². The number of aryl methyl sites for hydroxylation is 1. The fourth-order valence-electron chi connectivity index (χ4n) is 2.27. The molecule has 0 saturated heterocycles. The lowest BCUT2D eigenvalue weighted by Gasteiger charge is -2.06. The van der Waals surface area contributed by atoms with E-state index in [9.17, 15) is 4.79 Å². The Morgan fingerprint density at radius 1 is 1.00 bits per heavy atom. The average Bonchev–Trinajstić information content (AvgIpc) is 2.73. The summed E-state index contributed by atoms with van der Waals surface area (Å²) in [5.74, 6) is 0.232. The highest BCUT2D eigenvalue weighted by atomic mass is 32.2. The molecule has 0 saturated carbocycles. The molecule has 0 bridgehead atoms. The molecule has 6 heteroatoms. The SMILES string of the molecule is CC.Cc1cccc(CNC(=O)CSc2nccc(-c3ccccn3)n2)c1. The van der Waals surface area contributed by atoms with Crippen LogP contribution in [0.1, 0.15) is 25.0 Å². The summed E-state index contributed by atoms with van der Waals surface area (Å²) in [6, 6.07) is 15.6. The summed E-state index contributed by atoms with van der Waals surface area (Å²) in [5.41, 5.74) is 3.81. The zero-order valence-electron chi connectivity index (χ0n) is 15.8. The second-order valence-corrected chi connectivity index (χ2v) is 6.44. The Balaban J connectivity index is 0.00000126. The predicted octanol–water partition coefficient (Wildman–Crippen LogP) is 4.28. The van der Waals surface area contributed by atoms with Gasteiger partial charge in [-0.3, -0.25) is 9.78 Å². The molecule has 0 aliphatic heterocycles. The first kappa shape index (κ1) is 20.6. The van der Waals surface area contributed by atoms with Gasteiger partial charge in [0.15, 0.2) is 5.16 Å². The molecule has 27 heavy (non-hydrogen) atoms. The van der Waals surface area contributed by atoms with Gasteiger partial charge in [0.25, 0.3) is 0 Å². The van der Waals surface area contributed by atoms with E-state index in [1.165, 1.54) is 17.3 Å². The fraction of sp³-hybridized carbons (Fsp3) is 0.238. The molecule has 1 aromatic carbocycles. The number of benzene rings is 1. The molecule has 0 fully saturated rings. The van der Waals surface area contributed by atoms with Crippen molar-refractivity contribution < 1.29 is 4.79 Å². The topological polar surface area (TPSA) is 67.8 Å². The number of thioether (sulfide) groups is 1. The molecule has 0 atom stereocenters. The van der Waals surface area contributed by atoms with Crippen LogP contribution < -0.4 is 5.32 Å². The number of nitrogens with zero attached hydrogens (tertiary/aromatic N) is 3. The number of pyridine rings is 1. The highest BCUT2D eigenvalue weighted by Crippen LogP contribution is 2.18. The third-order valence-electron chi connectivity index (χ3n) is 3.47. The maximum absolute atomic E-state index is 12.0. The summed E-state index contributed by atoms with van der Waals surface area (Å²) in [4.78, 5) is 25.0. The third kappa shape index (κ3) is 6.83. The largest absolute Gasteiger partial charge is 0.351 e. The van der Waals surface area contributed by atoms with Crippen LogP contribution in [0.2, 0.25) is 0 Å². The molecule has 0 radical (unpaired) electrons. The molecular formula is C21H24N4OS. The maximum atomic E-state index is 12.0. The van der Waals surface area contributed by atoms with E-state index in [1.807, 2.05) is 63.2 Å². The Kier molecular flexibility index (Phi) is 8.45. The molecule has 3 aromatic rings. The maximum Gasteiger partial charge on any atom is 0.230 e. The lowest BCUT2D eigenvalue weighted by atomic mass is 10.1. The van der Waals surface area contributed by atoms with Gasteiger partial charge in [-0.25, -0.2) is 9.97 Å². The molecule has 2 aromatic heterocycles. The number of carbonyl (C=O) groups is 1. The fourth-order valence-corrected chi connectivity index (χ4v) is 2.93. The first-order valence-electron chi connectivity index (χ1n) is 8.90. The van der Waals surface area contributed by atoms with E-state index in [0.717, 1.165) is 17.0 Å². The Bertz CT molecular complexity index is 856. The van der Waals surface area contributed by atoms with Gasteiger partial charge in [-0.1, -0.05) is 61.5 Å². The van der Waals surface area contributed by atoms with Crippen molar-refractivity contribution in [2.75, 3.05) is 5.75 Å². The first-order valence-corrected chi connectivity index (χ1v) is 9.89. The van der Waals surface area contributed by atoms with Crippen molar-refractivity contribution in [3.8, 4) is 11.4 Å². The molecule has 1 amide bonds. The van der Waals surface area contributed by atoms with Crippen molar-refractivity contribution >= 4 is 17.7 Å². The highest BCUT2D eigenvalue weighted by molar-refractivity contribution is 7.99. The van der Waals surface area contributed by atoms with Crippen LogP contribution in [0.5, 0.6) is 0 Å². The summed E-state index contributed by atoms with van der Waals surface area (Å²) < 4.78 is 0. The minimum absolute atomic E-state index is 0.0432. The number of carbonyl (C=O) groups excluding carboxylic acids is 1. The zero-order chi connectivity index (χ0) is 19.5. The Morgan fingerprint density at radius 2 is 1.85 bits per heavy atom. The highest BCUT2D eigenvalue weighted by Gasteiger charge is 2.07. The second-order valence-electron chi connectivity index (χ2n) is 5.49. The van der Waals surface area contributed by atoms with Gasteiger partial charge in [-0.05, 0) is 30.7 Å². The van der Waals surface area contributed by atoms with Crippen molar-refractivity contribution in [2.45, 2.75) is 32.5 Å². The average molecular weight is 381 g/mol. The smallest absolute Gasteiger partial charge is 0.230 e. The lowest BCUT2D eigenvalue weighted by molar-refractivity contribution is -0.118. The predicted molar refractivity (Wildman–Crippen MR) is 110 cm³/mol. The van der Waals surface area contributed by atoms with Crippen molar-refractivity contribution in [3.05, 3.63) is 72.1 Å². The summed E-state index contributed by atoms with van der Waals surface area (Å²) >= 11 is 1.31. The van der Waals surface area contributed by atoms with E-state index < -0.39 is 0 Å². The molecule has 0 aliphatic rings. The number of nitrogens with one attached hydrogen (secondary N) is 1. The molecule has 2 heterocycles. The number of hydrogen-bond acceptors (Lipinski definition) is 5. The monoisotopic (exact) mass is 380 g/mol. The summed E-state index contributed by atoms with van der Waals surface area (Å²) in [5, 5.41) is 3.48. The third-order valence-corrected chi connectivity index (χ3v) is 4.33. The minimum atomic E-state index is -0.0432. The van der Waals surface area contributed by atoms with Gasteiger partial charge in [0.05, 0.1) is 17.1 Å². The van der Waals surface area contributed by atoms with Crippen LogP contribution in [0.4, 0.5) is 0 Å². The van der Waals surface area contributed by atoms with Crippen molar-refractivity contribution in [1.82, 2.24) is 20.3 Å². The normalized spacial score (nSPS) is 9.89. The molecule has 0 unspecified atom stereocenters. The molecule has 0 aliphatic carbocycles. The van der Waals surface area contributed by atoms with Crippen LogP contribution in [-0.4, -0.2) is 26.6 Å². The lowest BCUT2D eigenvalue weighted by Crippen LogP contribution is -2.24. The van der Waals surface area contributed by atoms with E-state index in [0.29, 0.717) is 11.7 Å². The molecule has 1 N–H and O–H groups in total. The van der Waals surface area contributed by atoms with E-state index in [1.54, 1.807) is 12.4 Å². The summed E-state index contributed by atoms with van der Waals surface area (Å²) in [6.45, 7) is 6.56. The zero-order valence-corrected chi connectivity index (χ0v) is 16.7. The molecule has 0 spiro atoms. The molecule has 140 valence electrons. The van der Waals surface area contributed by atoms with Crippen LogP contribution in [0.15, 0.2) is 66.1 Å². The number of rotatable bonds is 6. The number of amides is 1. The Hall–Kier alpha value is -2.73. The van der Waals surface area contributed by atoms with Crippen LogP contribution in [0, 0.1) is 6.92 Å². The van der Waals surface area contributed by atoms with Crippen LogP contribution in [-0.2, 0) is 11.3 Å². The second kappa shape index (κ2) is 11.1. The van der Waals surface area contributed by atoms with Crippen LogP contribution in [0.3, 0.4) is 0 Å². The van der Waals surface area contributed by atoms with Gasteiger partial charge >= 0.3 is 0 Å². The minimum Gasteiger partial charge on any atom is -0.351 e. The van der Waals surface area contributed by atoms with Gasteiger partial charge < -0.3 is 5.32 Å². The summed E-state index contributed by atoms with van der Waals surface area (Å²) in [6.07, 6.45) is 3.41. The van der Waals surface area contributed by atoms with Gasteiger partial charge in [0, 0.05) is 18.9 Å². The van der Waals surface area contributed by atoms with Crippen molar-refractivity contribution in [1.29, 1.82) is 0 Å². The Morgan fingerprint density at radius 3 is 2.59 bits per heavy atom. The van der Waals surface area contributed by atoms with Crippen molar-refractivity contribution in [2.24, 2.45) is 0 Å². The van der Waals surface area contributed by atoms with Crippen molar-refractivity contribution in [3.63, 3.8) is 0 Å². The quantitative estimate of drug-likeness (QED) is 0.511. The van der Waals surface area contributed by atoms with Gasteiger partial charge in [0.1, 0.15) is 0 Å². The van der Waals surface area contributed by atoms with E-state index >= 15 is 0 Å². The van der Waals surface area contributed by atoms with Gasteiger partial charge in [-0.15, -0.1) is 0 Å². The Labute approximate surface area is 164 Å². The van der Waals surface area contributed by atoms with Crippen LogP contribution in [0.25, 0.3) is 11.4 Å². The van der Waals surface area contributed by atoms with Crippen LogP contribution >= 0.6 is 11.8 Å². The molecule has 5 nitrogen and oxygen atoms in total. The molecular weight excluding hydrogens is 356 g/mol. The van der Waals surface area contributed by atoms with Gasteiger partial charge in [-0.2, -0.15) is 0 Å². The molecule has 3 rings (SSSR count). The number of hydrogen-bond donors (Lipinski definition) is 1. The first-order chi connectivity index (χ1) is 13.2. The van der Waals surface area contributed by atoms with E-state index in [-0.39, 0.29) is 11.7 Å². The number of aromatic nitrogens is 3.